The number of sulfonamides is 1. The Morgan fingerprint density at radius 1 is 0.925 bits per heavy atom. The van der Waals surface area contributed by atoms with Crippen molar-refractivity contribution < 1.29 is 22.3 Å². The summed E-state index contributed by atoms with van der Waals surface area (Å²) in [5.41, 5.74) is 1.37. The Morgan fingerprint density at radius 3 is 2.42 bits per heavy atom. The lowest BCUT2D eigenvalue weighted by molar-refractivity contribution is 0.214. The van der Waals surface area contributed by atoms with Crippen LogP contribution in [0, 0.1) is 5.82 Å². The number of nitrogens with one attached hydrogen (secondary N) is 2. The average Bonchev–Trinajstić information content (AvgIpc) is 3.15. The molecule has 0 amide bonds. The number of benzene rings is 3. The van der Waals surface area contributed by atoms with E-state index < -0.39 is 20.7 Å². The molecule has 0 atom stereocenters. The van der Waals surface area contributed by atoms with E-state index in [-0.39, 0.29) is 18.0 Å². The number of aromatic amines is 1. The third-order valence-corrected chi connectivity index (χ3v) is 8.89. The SMILES string of the molecule is O=S(=O)(Nc1ccc(Cl)c2c(Cl)c[nH]c12)c1cccc(OCc2ccc(OCCN3CCCCCC3)cc2)c1F. The fraction of sp³-hybridized carbons (Fsp3) is 0.310. The highest BCUT2D eigenvalue weighted by atomic mass is 35.5. The van der Waals surface area contributed by atoms with Crippen molar-refractivity contribution in [3.8, 4) is 11.5 Å². The minimum atomic E-state index is -4.30. The molecule has 0 radical (unpaired) electrons. The van der Waals surface area contributed by atoms with Crippen molar-refractivity contribution in [1.82, 2.24) is 9.88 Å². The average molecular weight is 607 g/mol. The molecule has 0 bridgehead atoms. The minimum Gasteiger partial charge on any atom is -0.492 e. The highest BCUT2D eigenvalue weighted by Gasteiger charge is 2.24. The van der Waals surface area contributed by atoms with Crippen LogP contribution in [0.2, 0.25) is 10.0 Å². The first kappa shape index (κ1) is 28.5. The molecule has 1 aromatic heterocycles. The summed E-state index contributed by atoms with van der Waals surface area (Å²) in [4.78, 5) is 4.80. The molecule has 1 aliphatic heterocycles. The molecule has 1 aliphatic rings. The lowest BCUT2D eigenvalue weighted by Gasteiger charge is -2.19. The van der Waals surface area contributed by atoms with Crippen molar-refractivity contribution in [2.75, 3.05) is 31.0 Å². The summed E-state index contributed by atoms with van der Waals surface area (Å²) in [6.45, 7) is 3.83. The smallest absolute Gasteiger partial charge is 0.265 e. The summed E-state index contributed by atoms with van der Waals surface area (Å²) in [5.74, 6) is -0.411. The van der Waals surface area contributed by atoms with Gasteiger partial charge in [-0.15, -0.1) is 0 Å². The fourth-order valence-corrected chi connectivity index (χ4v) is 6.48. The van der Waals surface area contributed by atoms with Gasteiger partial charge < -0.3 is 14.5 Å². The van der Waals surface area contributed by atoms with E-state index in [0.29, 0.717) is 27.6 Å². The normalized spacial score (nSPS) is 14.7. The quantitative estimate of drug-likeness (QED) is 0.199. The van der Waals surface area contributed by atoms with Crippen molar-refractivity contribution in [3.05, 3.63) is 82.2 Å². The number of hydrogen-bond acceptors (Lipinski definition) is 5. The molecule has 11 heteroatoms. The van der Waals surface area contributed by atoms with E-state index in [0.717, 1.165) is 30.9 Å². The predicted octanol–water partition coefficient (Wildman–Crippen LogP) is 7.25. The van der Waals surface area contributed by atoms with Crippen molar-refractivity contribution in [3.63, 3.8) is 0 Å². The zero-order valence-electron chi connectivity index (χ0n) is 21.8. The number of hydrogen-bond donors (Lipinski definition) is 2. The number of aromatic nitrogens is 1. The second-order valence-corrected chi connectivity index (χ2v) is 12.2. The first-order chi connectivity index (χ1) is 19.3. The van der Waals surface area contributed by atoms with Crippen LogP contribution < -0.4 is 14.2 Å². The van der Waals surface area contributed by atoms with Gasteiger partial charge in [-0.05, 0) is 67.9 Å². The number of anilines is 1. The van der Waals surface area contributed by atoms with Crippen LogP contribution in [-0.2, 0) is 16.6 Å². The van der Waals surface area contributed by atoms with Crippen LogP contribution in [0.1, 0.15) is 31.2 Å². The molecule has 1 saturated heterocycles. The lowest BCUT2D eigenvalue weighted by Crippen LogP contribution is -2.29. The third-order valence-electron chi connectivity index (χ3n) is 6.89. The molecule has 5 rings (SSSR count). The van der Waals surface area contributed by atoms with Crippen LogP contribution >= 0.6 is 23.2 Å². The maximum atomic E-state index is 15.3. The van der Waals surface area contributed by atoms with Crippen LogP contribution in [-0.4, -0.2) is 44.5 Å². The minimum absolute atomic E-state index is 0.0562. The van der Waals surface area contributed by atoms with E-state index in [9.17, 15) is 8.42 Å². The number of fused-ring (bicyclic) bond motifs is 1. The highest BCUT2D eigenvalue weighted by molar-refractivity contribution is 7.92. The summed E-state index contributed by atoms with van der Waals surface area (Å²) in [6, 6.07) is 14.4. The zero-order valence-corrected chi connectivity index (χ0v) is 24.1. The lowest BCUT2D eigenvalue weighted by atomic mass is 10.2. The summed E-state index contributed by atoms with van der Waals surface area (Å²) in [7, 11) is -4.30. The maximum absolute atomic E-state index is 15.3. The van der Waals surface area contributed by atoms with Gasteiger partial charge in [-0.3, -0.25) is 9.62 Å². The summed E-state index contributed by atoms with van der Waals surface area (Å²) in [6.07, 6.45) is 6.60. The van der Waals surface area contributed by atoms with Gasteiger partial charge in [0.25, 0.3) is 10.0 Å². The number of ether oxygens (including phenoxy) is 2. The van der Waals surface area contributed by atoms with Crippen LogP contribution in [0.3, 0.4) is 0 Å². The third kappa shape index (κ3) is 6.66. The Hall–Kier alpha value is -2.98. The van der Waals surface area contributed by atoms with Crippen LogP contribution in [0.15, 0.2) is 65.7 Å². The summed E-state index contributed by atoms with van der Waals surface area (Å²) >= 11 is 12.3. The summed E-state index contributed by atoms with van der Waals surface area (Å²) < 4.78 is 55.5. The molecule has 2 heterocycles. The van der Waals surface area contributed by atoms with Crippen molar-refractivity contribution in [2.45, 2.75) is 37.2 Å². The molecule has 4 aromatic rings. The van der Waals surface area contributed by atoms with Gasteiger partial charge in [0.1, 0.15) is 23.9 Å². The van der Waals surface area contributed by atoms with Gasteiger partial charge in [-0.25, -0.2) is 12.8 Å². The van der Waals surface area contributed by atoms with E-state index in [2.05, 4.69) is 14.6 Å². The van der Waals surface area contributed by atoms with Gasteiger partial charge in [-0.1, -0.05) is 54.2 Å². The molecule has 3 aromatic carbocycles. The number of rotatable bonds is 10. The Balaban J connectivity index is 1.21. The molecule has 2 N–H and O–H groups in total. The number of halogens is 3. The van der Waals surface area contributed by atoms with E-state index in [1.165, 1.54) is 62.2 Å². The van der Waals surface area contributed by atoms with Gasteiger partial charge in [0.05, 0.1) is 21.2 Å². The number of likely N-dealkylation sites (tertiary alicyclic amines) is 1. The number of H-pyrrole nitrogens is 1. The number of nitrogens with zero attached hydrogens (tertiary/aromatic N) is 1. The molecule has 212 valence electrons. The van der Waals surface area contributed by atoms with Crippen LogP contribution in [0.25, 0.3) is 10.9 Å². The predicted molar refractivity (Wildman–Crippen MR) is 157 cm³/mol. The molecule has 0 spiro atoms. The maximum Gasteiger partial charge on any atom is 0.265 e. The molecule has 1 fully saturated rings. The summed E-state index contributed by atoms with van der Waals surface area (Å²) in [5, 5.41) is 1.17. The van der Waals surface area contributed by atoms with Gasteiger partial charge >= 0.3 is 0 Å². The van der Waals surface area contributed by atoms with Crippen LogP contribution in [0.5, 0.6) is 11.5 Å². The molecular formula is C29H30Cl2FN3O4S. The van der Waals surface area contributed by atoms with Gasteiger partial charge in [-0.2, -0.15) is 0 Å². The molecule has 0 unspecified atom stereocenters. The monoisotopic (exact) mass is 605 g/mol. The van der Waals surface area contributed by atoms with Gasteiger partial charge in [0, 0.05) is 18.1 Å². The molecule has 7 nitrogen and oxygen atoms in total. The highest BCUT2D eigenvalue weighted by Crippen LogP contribution is 2.36. The Bertz CT molecular complexity index is 1570. The fourth-order valence-electron chi connectivity index (χ4n) is 4.76. The van der Waals surface area contributed by atoms with Crippen molar-refractivity contribution >= 4 is 49.8 Å². The Morgan fingerprint density at radius 2 is 1.68 bits per heavy atom. The van der Waals surface area contributed by atoms with Gasteiger partial charge in [0.15, 0.2) is 11.6 Å². The first-order valence-corrected chi connectivity index (χ1v) is 15.4. The first-order valence-electron chi connectivity index (χ1n) is 13.1. The topological polar surface area (TPSA) is 83.7 Å². The van der Waals surface area contributed by atoms with E-state index in [4.69, 9.17) is 32.7 Å². The Kier molecular flexibility index (Phi) is 9.05. The molecular weight excluding hydrogens is 576 g/mol. The van der Waals surface area contributed by atoms with Gasteiger partial charge in [0.2, 0.25) is 0 Å². The van der Waals surface area contributed by atoms with Crippen molar-refractivity contribution in [1.29, 1.82) is 0 Å². The zero-order chi connectivity index (χ0) is 28.1. The molecule has 0 aliphatic carbocycles. The second kappa shape index (κ2) is 12.7. The van der Waals surface area contributed by atoms with Crippen molar-refractivity contribution in [2.24, 2.45) is 0 Å². The Labute approximate surface area is 243 Å². The van der Waals surface area contributed by atoms with E-state index in [1.807, 2.05) is 24.3 Å². The second-order valence-electron chi connectivity index (χ2n) is 9.69. The molecule has 0 saturated carbocycles. The van der Waals surface area contributed by atoms with Crippen LogP contribution in [0.4, 0.5) is 10.1 Å². The standard InChI is InChI=1S/C29H30Cl2FN3O4S/c30-22-12-13-24(29-27(22)23(31)18-33-29)34-40(36,37)26-7-5-6-25(28(26)32)39-19-20-8-10-21(11-9-20)38-17-16-35-14-3-1-2-4-15-35/h5-13,18,33-34H,1-4,14-17,19H2. The molecule has 40 heavy (non-hydrogen) atoms. The van der Waals surface area contributed by atoms with E-state index >= 15 is 4.39 Å². The largest absolute Gasteiger partial charge is 0.492 e. The van der Waals surface area contributed by atoms with E-state index in [1.54, 1.807) is 0 Å².